The number of hydrogen-bond acceptors (Lipinski definition) is 4. The molecule has 4 rings (SSSR count). The monoisotopic (exact) mass is 458 g/mol. The normalized spacial score (nSPS) is 15.9. The Hall–Kier alpha value is -2.35. The fourth-order valence-corrected chi connectivity index (χ4v) is 5.11. The Labute approximate surface area is 189 Å². The zero-order chi connectivity index (χ0) is 22.2. The maximum Gasteiger partial charge on any atom is 0.211 e. The standard InChI is InChI=1S/C23H27ClN4O2S/c1-26(2)21-6-4-5-7-22(21)28-23(18-8-10-19(24)11-9-18)16-20(25-28)17-12-14-27(15-13-17)31(3,29)30/h4-11,16-17H,12-15H2,1-3H3. The van der Waals surface area contributed by atoms with Crippen LogP contribution in [-0.4, -0.2) is 55.9 Å². The van der Waals surface area contributed by atoms with Crippen molar-refractivity contribution in [1.29, 1.82) is 0 Å². The van der Waals surface area contributed by atoms with Crippen LogP contribution in [-0.2, 0) is 10.0 Å². The highest BCUT2D eigenvalue weighted by atomic mass is 35.5. The number of para-hydroxylation sites is 2. The average Bonchev–Trinajstić information content (AvgIpc) is 3.19. The number of halogens is 1. The van der Waals surface area contributed by atoms with Crippen molar-refractivity contribution in [3.63, 3.8) is 0 Å². The molecule has 1 saturated heterocycles. The summed E-state index contributed by atoms with van der Waals surface area (Å²) in [6, 6.07) is 18.1. The molecule has 0 saturated carbocycles. The van der Waals surface area contributed by atoms with Gasteiger partial charge in [0.15, 0.2) is 0 Å². The maximum atomic E-state index is 11.9. The van der Waals surface area contributed by atoms with E-state index in [1.807, 2.05) is 55.2 Å². The number of hydrogen-bond donors (Lipinski definition) is 0. The number of anilines is 1. The third-order valence-corrected chi connectivity index (χ3v) is 7.36. The van der Waals surface area contributed by atoms with E-state index in [0.717, 1.165) is 41.2 Å². The van der Waals surface area contributed by atoms with E-state index in [2.05, 4.69) is 23.1 Å². The van der Waals surface area contributed by atoms with E-state index < -0.39 is 10.0 Å². The molecule has 1 aliphatic heterocycles. The van der Waals surface area contributed by atoms with Gasteiger partial charge in [-0.3, -0.25) is 0 Å². The highest BCUT2D eigenvalue weighted by molar-refractivity contribution is 7.88. The second kappa shape index (κ2) is 8.65. The van der Waals surface area contributed by atoms with Crippen LogP contribution in [0.25, 0.3) is 16.9 Å². The van der Waals surface area contributed by atoms with E-state index in [1.54, 1.807) is 4.31 Å². The fourth-order valence-electron chi connectivity index (χ4n) is 4.11. The van der Waals surface area contributed by atoms with E-state index in [1.165, 1.54) is 6.26 Å². The molecule has 0 radical (unpaired) electrons. The Balaban J connectivity index is 1.76. The van der Waals surface area contributed by atoms with Crippen LogP contribution < -0.4 is 4.90 Å². The second-order valence-electron chi connectivity index (χ2n) is 8.19. The van der Waals surface area contributed by atoms with Gasteiger partial charge in [0.05, 0.1) is 29.0 Å². The number of aromatic nitrogens is 2. The van der Waals surface area contributed by atoms with Gasteiger partial charge in [0.1, 0.15) is 0 Å². The van der Waals surface area contributed by atoms with Crippen molar-refractivity contribution in [1.82, 2.24) is 14.1 Å². The minimum Gasteiger partial charge on any atom is -0.376 e. The molecule has 3 aromatic rings. The van der Waals surface area contributed by atoms with Gasteiger partial charge < -0.3 is 4.90 Å². The lowest BCUT2D eigenvalue weighted by Crippen LogP contribution is -2.37. The largest absolute Gasteiger partial charge is 0.376 e. The molecule has 0 bridgehead atoms. The van der Waals surface area contributed by atoms with Crippen LogP contribution in [0.2, 0.25) is 5.02 Å². The van der Waals surface area contributed by atoms with Gasteiger partial charge in [-0.2, -0.15) is 5.10 Å². The molecule has 0 N–H and O–H groups in total. The summed E-state index contributed by atoms with van der Waals surface area (Å²) in [7, 11) is 0.890. The molecule has 0 spiro atoms. The van der Waals surface area contributed by atoms with Gasteiger partial charge in [-0.15, -0.1) is 0 Å². The van der Waals surface area contributed by atoms with Crippen LogP contribution in [0.3, 0.4) is 0 Å². The summed E-state index contributed by atoms with van der Waals surface area (Å²) in [6.45, 7) is 1.06. The van der Waals surface area contributed by atoms with Crippen molar-refractivity contribution in [3.05, 3.63) is 65.3 Å². The molecule has 0 unspecified atom stereocenters. The molecule has 2 heterocycles. The molecule has 0 amide bonds. The predicted molar refractivity (Wildman–Crippen MR) is 127 cm³/mol. The van der Waals surface area contributed by atoms with Crippen LogP contribution >= 0.6 is 11.6 Å². The Morgan fingerprint density at radius 3 is 2.29 bits per heavy atom. The molecule has 8 heteroatoms. The van der Waals surface area contributed by atoms with Gasteiger partial charge in [-0.05, 0) is 43.2 Å². The predicted octanol–water partition coefficient (Wildman–Crippen LogP) is 4.40. The lowest BCUT2D eigenvalue weighted by atomic mass is 9.94. The Morgan fingerprint density at radius 2 is 1.68 bits per heavy atom. The molecule has 6 nitrogen and oxygen atoms in total. The SMILES string of the molecule is CN(C)c1ccccc1-n1nc(C2CCN(S(C)(=O)=O)CC2)cc1-c1ccc(Cl)cc1. The van der Waals surface area contributed by atoms with Gasteiger partial charge in [0.2, 0.25) is 10.0 Å². The molecule has 0 atom stereocenters. The molecule has 2 aromatic carbocycles. The van der Waals surface area contributed by atoms with E-state index in [4.69, 9.17) is 16.7 Å². The molecule has 0 aliphatic carbocycles. The summed E-state index contributed by atoms with van der Waals surface area (Å²) < 4.78 is 27.3. The van der Waals surface area contributed by atoms with Gasteiger partial charge in [-0.25, -0.2) is 17.4 Å². The second-order valence-corrected chi connectivity index (χ2v) is 10.6. The van der Waals surface area contributed by atoms with Crippen LogP contribution in [0.15, 0.2) is 54.6 Å². The molecular weight excluding hydrogens is 432 g/mol. The molecular formula is C23H27ClN4O2S. The Bertz CT molecular complexity index is 1160. The Kier molecular flexibility index (Phi) is 6.10. The number of sulfonamides is 1. The van der Waals surface area contributed by atoms with Crippen molar-refractivity contribution in [2.45, 2.75) is 18.8 Å². The molecule has 164 valence electrons. The summed E-state index contributed by atoms with van der Waals surface area (Å²) in [6.07, 6.45) is 2.80. The zero-order valence-corrected chi connectivity index (χ0v) is 19.6. The molecule has 1 aliphatic rings. The van der Waals surface area contributed by atoms with Crippen molar-refractivity contribution < 1.29 is 8.42 Å². The van der Waals surface area contributed by atoms with Gasteiger partial charge >= 0.3 is 0 Å². The van der Waals surface area contributed by atoms with Crippen LogP contribution in [0.1, 0.15) is 24.5 Å². The minimum absolute atomic E-state index is 0.219. The molecule has 31 heavy (non-hydrogen) atoms. The van der Waals surface area contributed by atoms with Gasteiger partial charge in [-0.1, -0.05) is 35.9 Å². The lowest BCUT2D eigenvalue weighted by molar-refractivity contribution is 0.318. The summed E-state index contributed by atoms with van der Waals surface area (Å²) >= 11 is 6.12. The first-order valence-electron chi connectivity index (χ1n) is 10.3. The minimum atomic E-state index is -3.15. The quantitative estimate of drug-likeness (QED) is 0.568. The number of rotatable bonds is 5. The first kappa shape index (κ1) is 21.9. The van der Waals surface area contributed by atoms with Crippen molar-refractivity contribution in [3.8, 4) is 16.9 Å². The van der Waals surface area contributed by atoms with Gasteiger partial charge in [0, 0.05) is 43.7 Å². The third-order valence-electron chi connectivity index (χ3n) is 5.80. The van der Waals surface area contributed by atoms with Crippen LogP contribution in [0.4, 0.5) is 5.69 Å². The van der Waals surface area contributed by atoms with E-state index >= 15 is 0 Å². The Morgan fingerprint density at radius 1 is 1.03 bits per heavy atom. The third kappa shape index (κ3) is 4.63. The average molecular weight is 459 g/mol. The summed E-state index contributed by atoms with van der Waals surface area (Å²) in [5.41, 5.74) is 5.08. The zero-order valence-electron chi connectivity index (χ0n) is 18.0. The summed E-state index contributed by atoms with van der Waals surface area (Å²) in [5.74, 6) is 0.219. The van der Waals surface area contributed by atoms with Gasteiger partial charge in [0.25, 0.3) is 0 Å². The highest BCUT2D eigenvalue weighted by Crippen LogP contribution is 2.34. The first-order valence-corrected chi connectivity index (χ1v) is 12.5. The highest BCUT2D eigenvalue weighted by Gasteiger charge is 2.28. The van der Waals surface area contributed by atoms with Crippen LogP contribution in [0.5, 0.6) is 0 Å². The molecule has 1 aromatic heterocycles. The van der Waals surface area contributed by atoms with E-state index in [0.29, 0.717) is 18.1 Å². The molecule has 1 fully saturated rings. The van der Waals surface area contributed by atoms with E-state index in [-0.39, 0.29) is 5.92 Å². The first-order chi connectivity index (χ1) is 14.7. The summed E-state index contributed by atoms with van der Waals surface area (Å²) in [4.78, 5) is 2.08. The van der Waals surface area contributed by atoms with Crippen LogP contribution in [0, 0.1) is 0 Å². The lowest BCUT2D eigenvalue weighted by Gasteiger charge is -2.29. The maximum absolute atomic E-state index is 11.9. The van der Waals surface area contributed by atoms with Crippen molar-refractivity contribution >= 4 is 27.3 Å². The smallest absolute Gasteiger partial charge is 0.211 e. The fraction of sp³-hybridized carbons (Fsp3) is 0.348. The van der Waals surface area contributed by atoms with Crippen molar-refractivity contribution in [2.24, 2.45) is 0 Å². The van der Waals surface area contributed by atoms with Crippen molar-refractivity contribution in [2.75, 3.05) is 38.3 Å². The van der Waals surface area contributed by atoms with E-state index in [9.17, 15) is 8.42 Å². The number of nitrogens with zero attached hydrogens (tertiary/aromatic N) is 4. The summed E-state index contributed by atoms with van der Waals surface area (Å²) in [5, 5.41) is 5.71. The number of benzene rings is 2. The topological polar surface area (TPSA) is 58.4 Å². The number of piperidine rings is 1.